The Balaban J connectivity index is 1.74. The molecule has 27 heavy (non-hydrogen) atoms. The number of hydrogen-bond acceptors (Lipinski definition) is 4. The smallest absolute Gasteiger partial charge is 0.422 e. The molecule has 0 bridgehead atoms. The highest BCUT2D eigenvalue weighted by Crippen LogP contribution is 2.23. The van der Waals surface area contributed by atoms with Crippen LogP contribution in [0.2, 0.25) is 0 Å². The topological polar surface area (TPSA) is 79.9 Å². The summed E-state index contributed by atoms with van der Waals surface area (Å²) in [4.78, 5) is 22.0. The number of amides is 1. The molecular weight excluding hydrogens is 375 g/mol. The average Bonchev–Trinajstić information content (AvgIpc) is 3.03. The molecule has 0 saturated carbocycles. The van der Waals surface area contributed by atoms with Gasteiger partial charge in [-0.25, -0.2) is 18.7 Å². The molecule has 0 saturated heterocycles. The summed E-state index contributed by atoms with van der Waals surface area (Å²) in [5, 5.41) is 2.51. The van der Waals surface area contributed by atoms with Crippen molar-refractivity contribution in [2.75, 3.05) is 11.9 Å². The van der Waals surface area contributed by atoms with Crippen LogP contribution in [0, 0.1) is 0 Å². The van der Waals surface area contributed by atoms with Gasteiger partial charge in [0.1, 0.15) is 0 Å². The van der Waals surface area contributed by atoms with E-state index in [4.69, 9.17) is 0 Å². The minimum absolute atomic E-state index is 0.0140. The van der Waals surface area contributed by atoms with E-state index in [0.29, 0.717) is 11.0 Å². The van der Waals surface area contributed by atoms with Gasteiger partial charge in [0.25, 0.3) is 12.3 Å². The molecule has 1 aromatic carbocycles. The second kappa shape index (κ2) is 7.17. The third kappa shape index (κ3) is 4.68. The first-order valence-electron chi connectivity index (χ1n) is 7.46. The van der Waals surface area contributed by atoms with Crippen molar-refractivity contribution in [1.29, 1.82) is 0 Å². The van der Waals surface area contributed by atoms with Gasteiger partial charge in [0.05, 0.1) is 11.0 Å². The fraction of sp³-hybridized carbons (Fsp3) is 0.188. The van der Waals surface area contributed by atoms with Crippen molar-refractivity contribution in [2.45, 2.75) is 12.6 Å². The number of imidazole rings is 1. The molecule has 1 amide bonds. The van der Waals surface area contributed by atoms with Crippen molar-refractivity contribution in [3.05, 3.63) is 47.9 Å². The molecule has 0 fully saturated rings. The number of fused-ring (bicyclic) bond motifs is 1. The SMILES string of the molecule is O=C(Nc1ccc2nc(C(F)F)[nH]c2c1)c1ccnc(OCC(F)(F)F)c1. The van der Waals surface area contributed by atoms with E-state index < -0.39 is 30.9 Å². The fourth-order valence-electron chi connectivity index (χ4n) is 2.20. The molecule has 0 atom stereocenters. The van der Waals surface area contributed by atoms with Gasteiger partial charge in [-0.15, -0.1) is 0 Å². The number of carbonyl (C=O) groups excluding carboxylic acids is 1. The summed E-state index contributed by atoms with van der Waals surface area (Å²) < 4.78 is 66.4. The van der Waals surface area contributed by atoms with Gasteiger partial charge in [-0.05, 0) is 24.3 Å². The van der Waals surface area contributed by atoms with Gasteiger partial charge < -0.3 is 15.0 Å². The van der Waals surface area contributed by atoms with Crippen molar-refractivity contribution in [2.24, 2.45) is 0 Å². The summed E-state index contributed by atoms with van der Waals surface area (Å²) in [5.74, 6) is -1.48. The number of halogens is 5. The molecule has 0 spiro atoms. The number of aromatic nitrogens is 3. The molecule has 2 aromatic heterocycles. The fourth-order valence-corrected chi connectivity index (χ4v) is 2.20. The van der Waals surface area contributed by atoms with Crippen LogP contribution in [0.3, 0.4) is 0 Å². The number of anilines is 1. The Labute approximate surface area is 148 Å². The maximum atomic E-state index is 12.7. The van der Waals surface area contributed by atoms with Crippen molar-refractivity contribution >= 4 is 22.6 Å². The van der Waals surface area contributed by atoms with Gasteiger partial charge in [-0.2, -0.15) is 13.2 Å². The van der Waals surface area contributed by atoms with E-state index in [0.717, 1.165) is 12.3 Å². The lowest BCUT2D eigenvalue weighted by molar-refractivity contribution is -0.154. The monoisotopic (exact) mass is 386 g/mol. The Hall–Kier alpha value is -3.24. The number of rotatable bonds is 5. The Morgan fingerprint density at radius 3 is 2.70 bits per heavy atom. The highest BCUT2D eigenvalue weighted by atomic mass is 19.4. The van der Waals surface area contributed by atoms with E-state index in [2.05, 4.69) is 25.0 Å². The van der Waals surface area contributed by atoms with E-state index in [1.54, 1.807) is 0 Å². The van der Waals surface area contributed by atoms with Crippen LogP contribution in [-0.2, 0) is 0 Å². The standard InChI is InChI=1S/C16H11F5N4O2/c17-13(18)14-24-10-2-1-9(6-11(10)25-14)23-15(26)8-3-4-22-12(5-8)27-7-16(19,20)21/h1-6,13H,7H2,(H,23,26)(H,24,25). The van der Waals surface area contributed by atoms with Crippen LogP contribution in [-0.4, -0.2) is 33.6 Å². The van der Waals surface area contributed by atoms with Crippen LogP contribution < -0.4 is 10.1 Å². The van der Waals surface area contributed by atoms with E-state index in [9.17, 15) is 26.7 Å². The quantitative estimate of drug-likeness (QED) is 0.648. The Kier molecular flexibility index (Phi) is 4.93. The lowest BCUT2D eigenvalue weighted by atomic mass is 10.2. The number of hydrogen-bond donors (Lipinski definition) is 2. The zero-order valence-corrected chi connectivity index (χ0v) is 13.3. The number of pyridine rings is 1. The van der Waals surface area contributed by atoms with Crippen LogP contribution in [0.5, 0.6) is 5.88 Å². The van der Waals surface area contributed by atoms with Gasteiger partial charge in [0.15, 0.2) is 12.4 Å². The molecule has 3 rings (SSSR count). The van der Waals surface area contributed by atoms with Crippen molar-refractivity contribution < 1.29 is 31.5 Å². The molecule has 2 heterocycles. The summed E-state index contributed by atoms with van der Waals surface area (Å²) in [5.41, 5.74) is 0.897. The summed E-state index contributed by atoms with van der Waals surface area (Å²) in [7, 11) is 0. The number of ether oxygens (including phenoxy) is 1. The minimum Gasteiger partial charge on any atom is -0.468 e. The molecule has 2 N–H and O–H groups in total. The lowest BCUT2D eigenvalue weighted by Crippen LogP contribution is -2.20. The highest BCUT2D eigenvalue weighted by molar-refractivity contribution is 6.05. The zero-order valence-electron chi connectivity index (χ0n) is 13.3. The van der Waals surface area contributed by atoms with Crippen LogP contribution in [0.4, 0.5) is 27.6 Å². The molecular formula is C16H11F5N4O2. The van der Waals surface area contributed by atoms with Crippen LogP contribution >= 0.6 is 0 Å². The van der Waals surface area contributed by atoms with Crippen LogP contribution in [0.1, 0.15) is 22.6 Å². The number of alkyl halides is 5. The average molecular weight is 386 g/mol. The zero-order chi connectivity index (χ0) is 19.6. The maximum absolute atomic E-state index is 12.7. The predicted octanol–water partition coefficient (Wildman–Crippen LogP) is 4.09. The minimum atomic E-state index is -4.53. The maximum Gasteiger partial charge on any atom is 0.422 e. The van der Waals surface area contributed by atoms with Gasteiger partial charge in [-0.3, -0.25) is 4.79 Å². The predicted molar refractivity (Wildman–Crippen MR) is 84.8 cm³/mol. The Morgan fingerprint density at radius 1 is 1.22 bits per heavy atom. The van der Waals surface area contributed by atoms with Crippen LogP contribution in [0.25, 0.3) is 11.0 Å². The van der Waals surface area contributed by atoms with E-state index in [-0.39, 0.29) is 17.1 Å². The first kappa shape index (κ1) is 18.5. The third-order valence-electron chi connectivity index (χ3n) is 3.35. The van der Waals surface area contributed by atoms with Gasteiger partial charge >= 0.3 is 6.18 Å². The molecule has 0 aliphatic heterocycles. The molecule has 0 aliphatic carbocycles. The number of nitrogens with one attached hydrogen (secondary N) is 2. The normalized spacial score (nSPS) is 11.8. The molecule has 6 nitrogen and oxygen atoms in total. The summed E-state index contributed by atoms with van der Waals surface area (Å²) in [6.07, 6.45) is -6.16. The van der Waals surface area contributed by atoms with Crippen molar-refractivity contribution in [3.8, 4) is 5.88 Å². The molecule has 0 aliphatic rings. The number of nitrogens with zero attached hydrogens (tertiary/aromatic N) is 2. The molecule has 0 unspecified atom stereocenters. The summed E-state index contributed by atoms with van der Waals surface area (Å²) >= 11 is 0. The molecule has 142 valence electrons. The number of H-pyrrole nitrogens is 1. The van der Waals surface area contributed by atoms with E-state index in [1.165, 1.54) is 24.3 Å². The van der Waals surface area contributed by atoms with Crippen molar-refractivity contribution in [3.63, 3.8) is 0 Å². The molecule has 0 radical (unpaired) electrons. The van der Waals surface area contributed by atoms with Gasteiger partial charge in [0, 0.05) is 23.5 Å². The first-order valence-corrected chi connectivity index (χ1v) is 7.46. The van der Waals surface area contributed by atoms with E-state index >= 15 is 0 Å². The Morgan fingerprint density at radius 2 is 2.00 bits per heavy atom. The number of carbonyl (C=O) groups is 1. The summed E-state index contributed by atoms with van der Waals surface area (Å²) in [6, 6.07) is 6.66. The molecule has 11 heteroatoms. The largest absolute Gasteiger partial charge is 0.468 e. The first-order chi connectivity index (χ1) is 12.7. The second-order valence-electron chi connectivity index (χ2n) is 5.40. The van der Waals surface area contributed by atoms with Gasteiger partial charge in [-0.1, -0.05) is 0 Å². The third-order valence-corrected chi connectivity index (χ3v) is 3.35. The molecule has 3 aromatic rings. The van der Waals surface area contributed by atoms with Crippen LogP contribution in [0.15, 0.2) is 36.5 Å². The lowest BCUT2D eigenvalue weighted by Gasteiger charge is -2.09. The summed E-state index contributed by atoms with van der Waals surface area (Å²) in [6.45, 7) is -1.53. The number of benzene rings is 1. The van der Waals surface area contributed by atoms with Gasteiger partial charge in [0.2, 0.25) is 5.88 Å². The Bertz CT molecular complexity index is 971. The highest BCUT2D eigenvalue weighted by Gasteiger charge is 2.28. The van der Waals surface area contributed by atoms with Crippen molar-refractivity contribution in [1.82, 2.24) is 15.0 Å². The number of aromatic amines is 1. The van der Waals surface area contributed by atoms with E-state index in [1.807, 2.05) is 0 Å². The second-order valence-corrected chi connectivity index (χ2v) is 5.40.